The van der Waals surface area contributed by atoms with Crippen molar-refractivity contribution in [2.45, 2.75) is 59.5 Å². The van der Waals surface area contributed by atoms with E-state index in [2.05, 4.69) is 12.2 Å². The summed E-state index contributed by atoms with van der Waals surface area (Å²) >= 11 is 0. The Bertz CT molecular complexity index is 1260. The zero-order chi connectivity index (χ0) is 29.1. The first kappa shape index (κ1) is 30.7. The number of rotatable bonds is 12. The van der Waals surface area contributed by atoms with Crippen LogP contribution in [0.15, 0.2) is 66.7 Å². The summed E-state index contributed by atoms with van der Waals surface area (Å²) in [6, 6.07) is 18.9. The van der Waals surface area contributed by atoms with E-state index in [0.717, 1.165) is 46.9 Å². The molecule has 3 rings (SSSR count). The number of alkyl carbamates (subject to hydrolysis) is 1. The number of amides is 1. The average molecular weight is 552 g/mol. The lowest BCUT2D eigenvalue weighted by atomic mass is 9.88. The standard InChI is InChI=1S/C33H39F2NO4/c1-6-8-18-38-28-13-9-23(10-14-28)31(30(7-2)25-20-26(34)22-27(35)21-25)24-11-15-29(16-12-24)39-19-17-36-32(37)40-33(3,4)5/h9-16,20-22H,6-8,17-19H2,1-5H3,(H,36,37)/b31-30-. The molecule has 214 valence electrons. The molecule has 0 bridgehead atoms. The maximum atomic E-state index is 14.2. The first-order valence-electron chi connectivity index (χ1n) is 13.7. The Kier molecular flexibility index (Phi) is 11.1. The minimum Gasteiger partial charge on any atom is -0.494 e. The van der Waals surface area contributed by atoms with E-state index in [1.54, 1.807) is 20.8 Å². The predicted molar refractivity (Wildman–Crippen MR) is 156 cm³/mol. The van der Waals surface area contributed by atoms with Gasteiger partial charge in [-0.1, -0.05) is 44.5 Å². The second-order valence-electron chi connectivity index (χ2n) is 10.4. The van der Waals surface area contributed by atoms with Crippen LogP contribution in [0.5, 0.6) is 11.5 Å². The van der Waals surface area contributed by atoms with Gasteiger partial charge in [0.25, 0.3) is 0 Å². The third-order valence-electron chi connectivity index (χ3n) is 5.96. The molecule has 5 nitrogen and oxygen atoms in total. The number of nitrogens with one attached hydrogen (secondary N) is 1. The number of carbonyl (C=O) groups is 1. The first-order chi connectivity index (χ1) is 19.1. The van der Waals surface area contributed by atoms with Crippen molar-refractivity contribution >= 4 is 17.2 Å². The van der Waals surface area contributed by atoms with E-state index >= 15 is 0 Å². The molecule has 0 saturated carbocycles. The Morgan fingerprint density at radius 2 is 1.30 bits per heavy atom. The van der Waals surface area contributed by atoms with Crippen molar-refractivity contribution in [1.82, 2.24) is 5.32 Å². The van der Waals surface area contributed by atoms with Crippen LogP contribution >= 0.6 is 0 Å². The number of halogens is 2. The van der Waals surface area contributed by atoms with Crippen molar-refractivity contribution in [1.29, 1.82) is 0 Å². The third-order valence-corrected chi connectivity index (χ3v) is 5.96. The van der Waals surface area contributed by atoms with E-state index in [1.807, 2.05) is 55.5 Å². The van der Waals surface area contributed by atoms with E-state index in [9.17, 15) is 13.6 Å². The number of carbonyl (C=O) groups excluding carboxylic acids is 1. The molecule has 1 N–H and O–H groups in total. The monoisotopic (exact) mass is 551 g/mol. The fourth-order valence-corrected chi connectivity index (χ4v) is 4.17. The van der Waals surface area contributed by atoms with Gasteiger partial charge in [-0.3, -0.25) is 0 Å². The largest absolute Gasteiger partial charge is 0.494 e. The molecule has 0 fully saturated rings. The predicted octanol–water partition coefficient (Wildman–Crippen LogP) is 8.42. The van der Waals surface area contributed by atoms with Gasteiger partial charge in [-0.15, -0.1) is 0 Å². The lowest BCUT2D eigenvalue weighted by Crippen LogP contribution is -2.34. The molecule has 0 aromatic heterocycles. The molecule has 0 saturated heterocycles. The number of allylic oxidation sites excluding steroid dienone is 1. The fourth-order valence-electron chi connectivity index (χ4n) is 4.17. The van der Waals surface area contributed by atoms with Crippen LogP contribution in [0.3, 0.4) is 0 Å². The van der Waals surface area contributed by atoms with Gasteiger partial charge >= 0.3 is 6.09 Å². The highest BCUT2D eigenvalue weighted by molar-refractivity contribution is 5.98. The molecule has 0 unspecified atom stereocenters. The Hall–Kier alpha value is -3.87. The molecule has 7 heteroatoms. The minimum atomic E-state index is -0.622. The van der Waals surface area contributed by atoms with Crippen LogP contribution in [-0.4, -0.2) is 31.5 Å². The minimum absolute atomic E-state index is 0.267. The van der Waals surface area contributed by atoms with Crippen LogP contribution in [-0.2, 0) is 4.74 Å². The van der Waals surface area contributed by atoms with Gasteiger partial charge in [-0.05, 0) is 97.8 Å². The molecule has 3 aromatic rings. The van der Waals surface area contributed by atoms with Crippen molar-refractivity contribution in [3.05, 3.63) is 95.1 Å². The highest BCUT2D eigenvalue weighted by Gasteiger charge is 2.17. The number of unbranched alkanes of at least 4 members (excludes halogenated alkanes) is 1. The average Bonchev–Trinajstić information content (AvgIpc) is 2.89. The van der Waals surface area contributed by atoms with Crippen LogP contribution in [0.4, 0.5) is 13.6 Å². The van der Waals surface area contributed by atoms with Gasteiger partial charge < -0.3 is 19.5 Å². The Morgan fingerprint density at radius 1 is 0.775 bits per heavy atom. The molecule has 40 heavy (non-hydrogen) atoms. The molecule has 1 amide bonds. The highest BCUT2D eigenvalue weighted by Crippen LogP contribution is 2.36. The molecular formula is C33H39F2NO4. The molecular weight excluding hydrogens is 512 g/mol. The summed E-state index contributed by atoms with van der Waals surface area (Å²) in [6.07, 6.45) is 2.09. The van der Waals surface area contributed by atoms with Gasteiger partial charge in [0.15, 0.2) is 0 Å². The molecule has 0 aliphatic carbocycles. The Balaban J connectivity index is 1.86. The third kappa shape index (κ3) is 9.40. The quantitative estimate of drug-likeness (QED) is 0.181. The summed E-state index contributed by atoms with van der Waals surface area (Å²) in [5.41, 5.74) is 3.38. The normalized spacial score (nSPS) is 12.0. The zero-order valence-electron chi connectivity index (χ0n) is 24.0. The molecule has 0 aliphatic rings. The van der Waals surface area contributed by atoms with E-state index < -0.39 is 23.3 Å². The molecule has 0 aliphatic heterocycles. The topological polar surface area (TPSA) is 56.8 Å². The fraction of sp³-hybridized carbons (Fsp3) is 0.364. The summed E-state index contributed by atoms with van der Waals surface area (Å²) in [4.78, 5) is 11.8. The highest BCUT2D eigenvalue weighted by atomic mass is 19.1. The van der Waals surface area contributed by atoms with Crippen LogP contribution in [0.25, 0.3) is 11.1 Å². The summed E-state index contributed by atoms with van der Waals surface area (Å²) in [5, 5.41) is 2.67. The summed E-state index contributed by atoms with van der Waals surface area (Å²) in [6.45, 7) is 10.7. The zero-order valence-corrected chi connectivity index (χ0v) is 24.0. The lowest BCUT2D eigenvalue weighted by Gasteiger charge is -2.19. The SMILES string of the molecule is CCCCOc1ccc(/C(=C(\CC)c2cc(F)cc(F)c2)c2ccc(OCCNC(=O)OC(C)(C)C)cc2)cc1. The van der Waals surface area contributed by atoms with E-state index in [1.165, 1.54) is 12.1 Å². The van der Waals surface area contributed by atoms with E-state index in [4.69, 9.17) is 14.2 Å². The van der Waals surface area contributed by atoms with Gasteiger partial charge in [0.05, 0.1) is 13.2 Å². The van der Waals surface area contributed by atoms with Crippen molar-refractivity contribution in [3.8, 4) is 11.5 Å². The van der Waals surface area contributed by atoms with Crippen LogP contribution in [0, 0.1) is 11.6 Å². The lowest BCUT2D eigenvalue weighted by molar-refractivity contribution is 0.0520. The molecule has 0 spiro atoms. The summed E-state index contributed by atoms with van der Waals surface area (Å²) in [5.74, 6) is 0.158. The van der Waals surface area contributed by atoms with E-state index in [-0.39, 0.29) is 6.61 Å². The number of hydrogen-bond acceptors (Lipinski definition) is 4. The summed E-state index contributed by atoms with van der Waals surface area (Å²) < 4.78 is 45.2. The maximum Gasteiger partial charge on any atom is 0.407 e. The smallest absolute Gasteiger partial charge is 0.407 e. The Labute approximate surface area is 236 Å². The number of ether oxygens (including phenoxy) is 3. The molecule has 0 heterocycles. The Morgan fingerprint density at radius 3 is 1.77 bits per heavy atom. The molecule has 0 atom stereocenters. The second kappa shape index (κ2) is 14.5. The first-order valence-corrected chi connectivity index (χ1v) is 13.7. The van der Waals surface area contributed by atoms with Crippen molar-refractivity contribution in [2.24, 2.45) is 0 Å². The maximum absolute atomic E-state index is 14.2. The number of hydrogen-bond donors (Lipinski definition) is 1. The van der Waals surface area contributed by atoms with Crippen LogP contribution in [0.2, 0.25) is 0 Å². The van der Waals surface area contributed by atoms with E-state index in [0.29, 0.717) is 30.9 Å². The van der Waals surface area contributed by atoms with Crippen molar-refractivity contribution in [3.63, 3.8) is 0 Å². The van der Waals surface area contributed by atoms with Crippen molar-refractivity contribution < 1.29 is 27.8 Å². The molecule has 0 radical (unpaired) electrons. The van der Waals surface area contributed by atoms with Gasteiger partial charge in [-0.2, -0.15) is 0 Å². The van der Waals surface area contributed by atoms with Gasteiger partial charge in [0, 0.05) is 6.07 Å². The molecule has 3 aromatic carbocycles. The second-order valence-corrected chi connectivity index (χ2v) is 10.4. The van der Waals surface area contributed by atoms with Gasteiger partial charge in [0.1, 0.15) is 35.3 Å². The van der Waals surface area contributed by atoms with Gasteiger partial charge in [0.2, 0.25) is 0 Å². The van der Waals surface area contributed by atoms with Crippen LogP contribution < -0.4 is 14.8 Å². The van der Waals surface area contributed by atoms with Crippen molar-refractivity contribution in [2.75, 3.05) is 19.8 Å². The number of benzene rings is 3. The van der Waals surface area contributed by atoms with Crippen LogP contribution in [0.1, 0.15) is 70.6 Å². The summed E-state index contributed by atoms with van der Waals surface area (Å²) in [7, 11) is 0. The van der Waals surface area contributed by atoms with Gasteiger partial charge in [-0.25, -0.2) is 13.6 Å².